The van der Waals surface area contributed by atoms with Crippen LogP contribution in [0.3, 0.4) is 0 Å². The molecular weight excluding hydrogens is 176 g/mol. The van der Waals surface area contributed by atoms with Gasteiger partial charge in [-0.1, -0.05) is 6.92 Å². The van der Waals surface area contributed by atoms with Crippen LogP contribution in [0, 0.1) is 5.92 Å². The van der Waals surface area contributed by atoms with E-state index >= 15 is 0 Å². The molecule has 1 heterocycles. The van der Waals surface area contributed by atoms with E-state index in [2.05, 4.69) is 17.6 Å². The summed E-state index contributed by atoms with van der Waals surface area (Å²) >= 11 is 0. The molecule has 0 aromatic carbocycles. The lowest BCUT2D eigenvalue weighted by Gasteiger charge is -2.18. The van der Waals surface area contributed by atoms with Crippen molar-refractivity contribution in [2.45, 2.75) is 32.2 Å². The van der Waals surface area contributed by atoms with Gasteiger partial charge in [-0.15, -0.1) is 0 Å². The van der Waals surface area contributed by atoms with E-state index < -0.39 is 0 Å². The Kier molecular flexibility index (Phi) is 6.15. The molecule has 1 fully saturated rings. The molecule has 0 amide bonds. The molecule has 1 rings (SSSR count). The predicted octanol–water partition coefficient (Wildman–Crippen LogP) is 1.00. The van der Waals surface area contributed by atoms with Gasteiger partial charge in [0.1, 0.15) is 0 Å². The summed E-state index contributed by atoms with van der Waals surface area (Å²) in [6.07, 6.45) is 3.88. The molecule has 2 atom stereocenters. The van der Waals surface area contributed by atoms with Crippen LogP contribution in [0.2, 0.25) is 0 Å². The van der Waals surface area contributed by atoms with Crippen LogP contribution in [0.25, 0.3) is 0 Å². The Bertz CT molecular complexity index is 133. The lowest BCUT2D eigenvalue weighted by atomic mass is 10.1. The van der Waals surface area contributed by atoms with Crippen LogP contribution in [0.15, 0.2) is 0 Å². The summed E-state index contributed by atoms with van der Waals surface area (Å²) < 4.78 is 5.12. The topological polar surface area (TPSA) is 33.3 Å². The maximum atomic E-state index is 5.12. The third-order valence-corrected chi connectivity index (χ3v) is 2.78. The van der Waals surface area contributed by atoms with Gasteiger partial charge in [-0.3, -0.25) is 0 Å². The van der Waals surface area contributed by atoms with Crippen LogP contribution in [0.4, 0.5) is 0 Å². The average Bonchev–Trinajstić information content (AvgIpc) is 2.43. The lowest BCUT2D eigenvalue weighted by Crippen LogP contribution is -2.34. The summed E-state index contributed by atoms with van der Waals surface area (Å²) in [4.78, 5) is 0. The zero-order chi connectivity index (χ0) is 10.2. The zero-order valence-corrected chi connectivity index (χ0v) is 9.51. The first-order valence-electron chi connectivity index (χ1n) is 5.76. The van der Waals surface area contributed by atoms with Gasteiger partial charge in [0.2, 0.25) is 0 Å². The molecule has 0 spiro atoms. The summed E-state index contributed by atoms with van der Waals surface area (Å²) in [5.41, 5.74) is 0. The minimum atomic E-state index is 0.621. The molecule has 1 aliphatic heterocycles. The number of nitrogens with one attached hydrogen (secondary N) is 2. The lowest BCUT2D eigenvalue weighted by molar-refractivity contribution is 0.156. The first-order chi connectivity index (χ1) is 6.83. The van der Waals surface area contributed by atoms with Crippen molar-refractivity contribution in [3.05, 3.63) is 0 Å². The van der Waals surface area contributed by atoms with E-state index in [-0.39, 0.29) is 0 Å². The Morgan fingerprint density at radius 3 is 3.07 bits per heavy atom. The van der Waals surface area contributed by atoms with Gasteiger partial charge in [-0.2, -0.15) is 0 Å². The van der Waals surface area contributed by atoms with E-state index in [0.29, 0.717) is 12.0 Å². The molecule has 1 saturated heterocycles. The Morgan fingerprint density at radius 2 is 2.29 bits per heavy atom. The second-order valence-electron chi connectivity index (χ2n) is 4.35. The van der Waals surface area contributed by atoms with Gasteiger partial charge in [-0.25, -0.2) is 0 Å². The van der Waals surface area contributed by atoms with Crippen molar-refractivity contribution in [2.24, 2.45) is 5.92 Å². The molecular formula is C11H24N2O. The third-order valence-electron chi connectivity index (χ3n) is 2.78. The zero-order valence-electron chi connectivity index (χ0n) is 9.51. The Balaban J connectivity index is 2.09. The smallest absolute Gasteiger partial charge is 0.0499 e. The maximum Gasteiger partial charge on any atom is 0.0499 e. The SMILES string of the molecule is COCC(C)CNC1CCCNCC1. The fraction of sp³-hybridized carbons (Fsp3) is 1.00. The van der Waals surface area contributed by atoms with Crippen LogP contribution >= 0.6 is 0 Å². The number of rotatable bonds is 5. The number of methoxy groups -OCH3 is 1. The fourth-order valence-corrected chi connectivity index (χ4v) is 1.93. The second kappa shape index (κ2) is 7.21. The van der Waals surface area contributed by atoms with E-state index in [1.54, 1.807) is 7.11 Å². The van der Waals surface area contributed by atoms with E-state index in [0.717, 1.165) is 19.7 Å². The second-order valence-corrected chi connectivity index (χ2v) is 4.35. The first-order valence-corrected chi connectivity index (χ1v) is 5.76. The van der Waals surface area contributed by atoms with Gasteiger partial charge in [0.05, 0.1) is 0 Å². The molecule has 84 valence electrons. The molecule has 2 N–H and O–H groups in total. The van der Waals surface area contributed by atoms with Crippen molar-refractivity contribution in [3.63, 3.8) is 0 Å². The predicted molar refractivity (Wildman–Crippen MR) is 59.6 cm³/mol. The number of hydrogen-bond donors (Lipinski definition) is 2. The van der Waals surface area contributed by atoms with Gasteiger partial charge < -0.3 is 15.4 Å². The van der Waals surface area contributed by atoms with Gasteiger partial charge in [0.25, 0.3) is 0 Å². The molecule has 3 nitrogen and oxygen atoms in total. The summed E-state index contributed by atoms with van der Waals surface area (Å²) in [6.45, 7) is 6.52. The minimum absolute atomic E-state index is 0.621. The quantitative estimate of drug-likeness (QED) is 0.694. The van der Waals surface area contributed by atoms with Crippen LogP contribution < -0.4 is 10.6 Å². The van der Waals surface area contributed by atoms with Gasteiger partial charge in [-0.05, 0) is 38.3 Å². The monoisotopic (exact) mass is 200 g/mol. The molecule has 3 heteroatoms. The van der Waals surface area contributed by atoms with Gasteiger partial charge in [0.15, 0.2) is 0 Å². The summed E-state index contributed by atoms with van der Waals surface area (Å²) in [6, 6.07) is 0.712. The number of hydrogen-bond acceptors (Lipinski definition) is 3. The van der Waals surface area contributed by atoms with Crippen LogP contribution in [0.1, 0.15) is 26.2 Å². The van der Waals surface area contributed by atoms with Crippen LogP contribution in [-0.4, -0.2) is 39.4 Å². The average molecular weight is 200 g/mol. The highest BCUT2D eigenvalue weighted by atomic mass is 16.5. The largest absolute Gasteiger partial charge is 0.384 e. The highest BCUT2D eigenvalue weighted by molar-refractivity contribution is 4.73. The molecule has 0 saturated carbocycles. The van der Waals surface area contributed by atoms with E-state index in [1.807, 2.05) is 0 Å². The minimum Gasteiger partial charge on any atom is -0.384 e. The van der Waals surface area contributed by atoms with Crippen molar-refractivity contribution >= 4 is 0 Å². The van der Waals surface area contributed by atoms with Crippen LogP contribution in [-0.2, 0) is 4.74 Å². The van der Waals surface area contributed by atoms with Gasteiger partial charge in [0, 0.05) is 26.3 Å². The molecule has 1 aliphatic rings. The first kappa shape index (κ1) is 12.0. The Labute approximate surface area is 87.6 Å². The van der Waals surface area contributed by atoms with E-state index in [9.17, 15) is 0 Å². The fourth-order valence-electron chi connectivity index (χ4n) is 1.93. The highest BCUT2D eigenvalue weighted by Gasteiger charge is 2.11. The molecule has 0 aromatic rings. The Hall–Kier alpha value is -0.120. The van der Waals surface area contributed by atoms with Crippen molar-refractivity contribution in [1.82, 2.24) is 10.6 Å². The van der Waals surface area contributed by atoms with E-state index in [1.165, 1.54) is 25.8 Å². The van der Waals surface area contributed by atoms with Crippen molar-refractivity contribution < 1.29 is 4.74 Å². The van der Waals surface area contributed by atoms with Crippen molar-refractivity contribution in [2.75, 3.05) is 33.4 Å². The summed E-state index contributed by atoms with van der Waals surface area (Å²) in [7, 11) is 1.77. The standard InChI is InChI=1S/C11H24N2O/c1-10(9-14-2)8-13-11-4-3-6-12-7-5-11/h10-13H,3-9H2,1-2H3. The van der Waals surface area contributed by atoms with Crippen molar-refractivity contribution in [3.8, 4) is 0 Å². The molecule has 2 unspecified atom stereocenters. The molecule has 0 aliphatic carbocycles. The summed E-state index contributed by atoms with van der Waals surface area (Å²) in [5.74, 6) is 0.621. The molecule has 0 aromatic heterocycles. The highest BCUT2D eigenvalue weighted by Crippen LogP contribution is 2.05. The van der Waals surface area contributed by atoms with Gasteiger partial charge >= 0.3 is 0 Å². The third kappa shape index (κ3) is 4.94. The Morgan fingerprint density at radius 1 is 1.43 bits per heavy atom. The maximum absolute atomic E-state index is 5.12. The molecule has 14 heavy (non-hydrogen) atoms. The van der Waals surface area contributed by atoms with Crippen molar-refractivity contribution in [1.29, 1.82) is 0 Å². The molecule has 0 bridgehead atoms. The van der Waals surface area contributed by atoms with Crippen LogP contribution in [0.5, 0.6) is 0 Å². The normalized spacial score (nSPS) is 25.7. The summed E-state index contributed by atoms with van der Waals surface area (Å²) in [5, 5.41) is 7.05. The van der Waals surface area contributed by atoms with E-state index in [4.69, 9.17) is 4.74 Å². The number of ether oxygens (including phenoxy) is 1. The molecule has 0 radical (unpaired) electrons.